The van der Waals surface area contributed by atoms with Crippen LogP contribution in [0.25, 0.3) is 5.69 Å². The molecule has 0 saturated carbocycles. The van der Waals surface area contributed by atoms with Crippen LogP contribution in [0.15, 0.2) is 30.7 Å². The summed E-state index contributed by atoms with van der Waals surface area (Å²) in [6.07, 6.45) is -1.18. The molecule has 1 N–H and O–H groups in total. The Morgan fingerprint density at radius 3 is 2.43 bits per heavy atom. The molecule has 0 bridgehead atoms. The standard InChI is InChI=1S/C15H18F3N3/c1-10-5-6-11(7-12(10)15(16,17)18)21-9-20-8-13(21)14(2,3)19-4/h5-9,19H,1-4H3. The number of aromatic nitrogens is 2. The monoisotopic (exact) mass is 297 g/mol. The summed E-state index contributed by atoms with van der Waals surface area (Å²) < 4.78 is 40.8. The molecule has 0 aliphatic carbocycles. The van der Waals surface area contributed by atoms with Crippen LogP contribution >= 0.6 is 0 Å². The molecule has 0 radical (unpaired) electrons. The van der Waals surface area contributed by atoms with Gasteiger partial charge in [-0.25, -0.2) is 4.98 Å². The smallest absolute Gasteiger partial charge is 0.310 e. The lowest BCUT2D eigenvalue weighted by atomic mass is 10.0. The molecule has 114 valence electrons. The van der Waals surface area contributed by atoms with Gasteiger partial charge >= 0.3 is 6.18 Å². The molecule has 1 heterocycles. The van der Waals surface area contributed by atoms with Crippen LogP contribution in [0.3, 0.4) is 0 Å². The van der Waals surface area contributed by atoms with Crippen molar-refractivity contribution in [2.45, 2.75) is 32.5 Å². The van der Waals surface area contributed by atoms with Crippen molar-refractivity contribution in [1.82, 2.24) is 14.9 Å². The molecule has 2 rings (SSSR count). The number of imidazole rings is 1. The van der Waals surface area contributed by atoms with Gasteiger partial charge in [-0.3, -0.25) is 0 Å². The highest BCUT2D eigenvalue weighted by Gasteiger charge is 2.33. The number of alkyl halides is 3. The third-order valence-corrected chi connectivity index (χ3v) is 3.71. The second-order valence-electron chi connectivity index (χ2n) is 5.52. The van der Waals surface area contributed by atoms with Gasteiger partial charge in [-0.1, -0.05) is 6.07 Å². The average molecular weight is 297 g/mol. The second-order valence-corrected chi connectivity index (χ2v) is 5.52. The van der Waals surface area contributed by atoms with E-state index in [1.807, 2.05) is 13.8 Å². The molecule has 0 saturated heterocycles. The molecule has 1 aromatic carbocycles. The molecular weight excluding hydrogens is 279 g/mol. The fraction of sp³-hybridized carbons (Fsp3) is 0.400. The van der Waals surface area contributed by atoms with E-state index in [1.54, 1.807) is 23.9 Å². The molecule has 0 spiro atoms. The minimum atomic E-state index is -4.36. The maximum Gasteiger partial charge on any atom is 0.416 e. The summed E-state index contributed by atoms with van der Waals surface area (Å²) in [5.74, 6) is 0. The van der Waals surface area contributed by atoms with Gasteiger partial charge in [-0.05, 0) is 45.5 Å². The number of nitrogens with zero attached hydrogens (tertiary/aromatic N) is 2. The van der Waals surface area contributed by atoms with Crippen molar-refractivity contribution in [2.24, 2.45) is 0 Å². The van der Waals surface area contributed by atoms with Crippen molar-refractivity contribution in [3.8, 4) is 5.69 Å². The number of halogens is 3. The van der Waals surface area contributed by atoms with Crippen LogP contribution in [0.1, 0.15) is 30.7 Å². The Bertz CT molecular complexity index is 642. The van der Waals surface area contributed by atoms with Gasteiger partial charge in [-0.15, -0.1) is 0 Å². The van der Waals surface area contributed by atoms with Crippen LogP contribution in [-0.2, 0) is 11.7 Å². The molecule has 0 fully saturated rings. The van der Waals surface area contributed by atoms with Crippen LogP contribution in [0.2, 0.25) is 0 Å². The van der Waals surface area contributed by atoms with E-state index in [0.29, 0.717) is 5.69 Å². The Kier molecular flexibility index (Phi) is 3.84. The lowest BCUT2D eigenvalue weighted by Crippen LogP contribution is -2.35. The first-order valence-corrected chi connectivity index (χ1v) is 6.57. The van der Waals surface area contributed by atoms with Crippen LogP contribution in [-0.4, -0.2) is 16.6 Å². The van der Waals surface area contributed by atoms with Gasteiger partial charge in [0, 0.05) is 5.69 Å². The Morgan fingerprint density at radius 1 is 1.19 bits per heavy atom. The molecular formula is C15H18F3N3. The van der Waals surface area contributed by atoms with Crippen LogP contribution < -0.4 is 5.32 Å². The molecule has 6 heteroatoms. The highest BCUT2D eigenvalue weighted by Crippen LogP contribution is 2.33. The molecule has 3 nitrogen and oxygen atoms in total. The van der Waals surface area contributed by atoms with Gasteiger partial charge in [0.1, 0.15) is 0 Å². The summed E-state index contributed by atoms with van der Waals surface area (Å²) in [4.78, 5) is 4.07. The van der Waals surface area contributed by atoms with E-state index < -0.39 is 17.3 Å². The zero-order valence-electron chi connectivity index (χ0n) is 12.4. The number of rotatable bonds is 3. The van der Waals surface area contributed by atoms with Crippen molar-refractivity contribution in [1.29, 1.82) is 0 Å². The van der Waals surface area contributed by atoms with E-state index in [9.17, 15) is 13.2 Å². The molecule has 21 heavy (non-hydrogen) atoms. The minimum Gasteiger partial charge on any atom is -0.310 e. The molecule has 0 unspecified atom stereocenters. The van der Waals surface area contributed by atoms with E-state index in [4.69, 9.17) is 0 Å². The van der Waals surface area contributed by atoms with Crippen molar-refractivity contribution in [3.63, 3.8) is 0 Å². The van der Waals surface area contributed by atoms with Gasteiger partial charge in [0.2, 0.25) is 0 Å². The van der Waals surface area contributed by atoms with Gasteiger partial charge < -0.3 is 9.88 Å². The quantitative estimate of drug-likeness (QED) is 0.937. The minimum absolute atomic E-state index is 0.209. The summed E-state index contributed by atoms with van der Waals surface area (Å²) in [5, 5.41) is 3.13. The number of benzene rings is 1. The lowest BCUT2D eigenvalue weighted by Gasteiger charge is -2.25. The fourth-order valence-electron chi connectivity index (χ4n) is 2.16. The van der Waals surface area contributed by atoms with E-state index in [0.717, 1.165) is 11.8 Å². The third kappa shape index (κ3) is 2.95. The first-order chi connectivity index (χ1) is 9.66. The molecule has 1 aromatic heterocycles. The summed E-state index contributed by atoms with van der Waals surface area (Å²) in [6.45, 7) is 5.34. The summed E-state index contributed by atoms with van der Waals surface area (Å²) >= 11 is 0. The Labute approximate surface area is 121 Å². The Morgan fingerprint density at radius 2 is 1.86 bits per heavy atom. The van der Waals surface area contributed by atoms with E-state index in [1.165, 1.54) is 19.3 Å². The SMILES string of the molecule is CNC(C)(C)c1cncn1-c1ccc(C)c(C(F)(F)F)c1. The molecule has 0 aliphatic heterocycles. The van der Waals surface area contributed by atoms with Crippen molar-refractivity contribution in [2.75, 3.05) is 7.05 Å². The highest BCUT2D eigenvalue weighted by molar-refractivity contribution is 5.43. The Balaban J connectivity index is 2.57. The maximum atomic E-state index is 13.0. The van der Waals surface area contributed by atoms with Gasteiger partial charge in [0.05, 0.1) is 29.3 Å². The van der Waals surface area contributed by atoms with Crippen LogP contribution in [0.4, 0.5) is 13.2 Å². The Hall–Kier alpha value is -1.82. The maximum absolute atomic E-state index is 13.0. The molecule has 2 aromatic rings. The number of aryl methyl sites for hydroxylation is 1. The number of hydrogen-bond acceptors (Lipinski definition) is 2. The van der Waals surface area contributed by atoms with Gasteiger partial charge in [-0.2, -0.15) is 13.2 Å². The zero-order valence-corrected chi connectivity index (χ0v) is 12.4. The molecule has 0 amide bonds. The largest absolute Gasteiger partial charge is 0.416 e. The topological polar surface area (TPSA) is 29.9 Å². The predicted molar refractivity (Wildman–Crippen MR) is 75.4 cm³/mol. The zero-order chi connectivity index (χ0) is 15.8. The molecule has 0 atom stereocenters. The number of hydrogen-bond donors (Lipinski definition) is 1. The molecule has 0 aliphatic rings. The fourth-order valence-corrected chi connectivity index (χ4v) is 2.16. The van der Waals surface area contributed by atoms with E-state index in [-0.39, 0.29) is 5.56 Å². The summed E-state index contributed by atoms with van der Waals surface area (Å²) in [6, 6.07) is 4.31. The van der Waals surface area contributed by atoms with Crippen LogP contribution in [0.5, 0.6) is 0 Å². The lowest BCUT2D eigenvalue weighted by molar-refractivity contribution is -0.138. The number of nitrogens with one attached hydrogen (secondary N) is 1. The van der Waals surface area contributed by atoms with E-state index in [2.05, 4.69) is 10.3 Å². The van der Waals surface area contributed by atoms with Crippen molar-refractivity contribution >= 4 is 0 Å². The van der Waals surface area contributed by atoms with Gasteiger partial charge in [0.25, 0.3) is 0 Å². The summed E-state index contributed by atoms with van der Waals surface area (Å²) in [5.41, 5.74) is 0.424. The third-order valence-electron chi connectivity index (χ3n) is 3.71. The average Bonchev–Trinajstić information content (AvgIpc) is 2.88. The highest BCUT2D eigenvalue weighted by atomic mass is 19.4. The first-order valence-electron chi connectivity index (χ1n) is 6.57. The first kappa shape index (κ1) is 15.6. The van der Waals surface area contributed by atoms with E-state index >= 15 is 0 Å². The van der Waals surface area contributed by atoms with Crippen molar-refractivity contribution < 1.29 is 13.2 Å². The predicted octanol–water partition coefficient (Wildman–Crippen LogP) is 3.65. The van der Waals surface area contributed by atoms with Crippen molar-refractivity contribution in [3.05, 3.63) is 47.5 Å². The summed E-state index contributed by atoms with van der Waals surface area (Å²) in [7, 11) is 1.80. The normalized spacial score (nSPS) is 12.7. The van der Waals surface area contributed by atoms with Crippen LogP contribution in [0, 0.1) is 6.92 Å². The van der Waals surface area contributed by atoms with Gasteiger partial charge in [0.15, 0.2) is 0 Å². The second kappa shape index (κ2) is 5.18.